The molecule has 0 aliphatic carbocycles. The fourth-order valence-electron chi connectivity index (χ4n) is 4.95. The summed E-state index contributed by atoms with van der Waals surface area (Å²) in [4.78, 5) is 0. The molecular formula is C28H61N3. The molecule has 6 atom stereocenters. The van der Waals surface area contributed by atoms with E-state index in [4.69, 9.17) is 0 Å². The highest BCUT2D eigenvalue weighted by Gasteiger charge is 2.21. The van der Waals surface area contributed by atoms with Gasteiger partial charge in [-0.2, -0.15) is 0 Å². The van der Waals surface area contributed by atoms with Crippen molar-refractivity contribution in [3.63, 3.8) is 0 Å². The summed E-state index contributed by atoms with van der Waals surface area (Å²) in [5.41, 5.74) is 0. The topological polar surface area (TPSA) is 36.1 Å². The van der Waals surface area contributed by atoms with Crippen molar-refractivity contribution in [2.24, 2.45) is 23.7 Å². The summed E-state index contributed by atoms with van der Waals surface area (Å²) in [5.74, 6) is 3.05. The lowest BCUT2D eigenvalue weighted by Crippen LogP contribution is -2.41. The summed E-state index contributed by atoms with van der Waals surface area (Å²) in [6.45, 7) is 25.9. The van der Waals surface area contributed by atoms with E-state index in [9.17, 15) is 0 Å². The lowest BCUT2D eigenvalue weighted by molar-refractivity contribution is 0.267. The van der Waals surface area contributed by atoms with Crippen LogP contribution < -0.4 is 16.0 Å². The van der Waals surface area contributed by atoms with Crippen LogP contribution in [0.3, 0.4) is 0 Å². The van der Waals surface area contributed by atoms with E-state index in [1.165, 1.54) is 51.4 Å². The molecule has 0 amide bonds. The molecule has 3 N–H and O–H groups in total. The number of hydrogen-bond acceptors (Lipinski definition) is 3. The summed E-state index contributed by atoms with van der Waals surface area (Å²) >= 11 is 0. The molecule has 0 spiro atoms. The Morgan fingerprint density at radius 2 is 0.774 bits per heavy atom. The normalized spacial score (nSPS) is 19.9. The highest BCUT2D eigenvalue weighted by molar-refractivity contribution is 4.79. The Balaban J connectivity index is 4.10. The summed E-state index contributed by atoms with van der Waals surface area (Å²) in [7, 11) is 0. The third kappa shape index (κ3) is 13.2. The van der Waals surface area contributed by atoms with Crippen LogP contribution in [0.5, 0.6) is 0 Å². The predicted molar refractivity (Wildman–Crippen MR) is 142 cm³/mol. The SMILES string of the molecule is CCC(C)C(NCCCC(C)NC(C)CCCNC(C(C)CC)C(C)CC)C(C)CC. The van der Waals surface area contributed by atoms with Gasteiger partial charge in [-0.3, -0.25) is 0 Å². The molecule has 0 aromatic rings. The molecule has 6 unspecified atom stereocenters. The Morgan fingerprint density at radius 1 is 0.484 bits per heavy atom. The zero-order valence-corrected chi connectivity index (χ0v) is 23.2. The summed E-state index contributed by atoms with van der Waals surface area (Å²) in [5, 5.41) is 11.6. The molecule has 0 aliphatic heterocycles. The van der Waals surface area contributed by atoms with Crippen molar-refractivity contribution in [1.29, 1.82) is 0 Å². The number of rotatable bonds is 20. The maximum atomic E-state index is 3.87. The smallest absolute Gasteiger partial charge is 0.0118 e. The van der Waals surface area contributed by atoms with Gasteiger partial charge in [-0.05, 0) is 76.3 Å². The third-order valence-electron chi connectivity index (χ3n) is 7.98. The van der Waals surface area contributed by atoms with Crippen molar-refractivity contribution in [3.8, 4) is 0 Å². The molecule has 0 bridgehead atoms. The Hall–Kier alpha value is -0.120. The van der Waals surface area contributed by atoms with Crippen LogP contribution in [0.15, 0.2) is 0 Å². The number of nitrogens with one attached hydrogen (secondary N) is 3. The maximum absolute atomic E-state index is 3.87. The average molecular weight is 440 g/mol. The van der Waals surface area contributed by atoms with Gasteiger partial charge in [0, 0.05) is 24.2 Å². The summed E-state index contributed by atoms with van der Waals surface area (Å²) in [6.07, 6.45) is 10.1. The lowest BCUT2D eigenvalue weighted by atomic mass is 9.87. The fraction of sp³-hybridized carbons (Fsp3) is 1.00. The summed E-state index contributed by atoms with van der Waals surface area (Å²) < 4.78 is 0. The van der Waals surface area contributed by atoms with Gasteiger partial charge >= 0.3 is 0 Å². The van der Waals surface area contributed by atoms with E-state index in [0.717, 1.165) is 36.8 Å². The molecule has 188 valence electrons. The van der Waals surface area contributed by atoms with Crippen molar-refractivity contribution < 1.29 is 0 Å². The van der Waals surface area contributed by atoms with Crippen molar-refractivity contribution >= 4 is 0 Å². The van der Waals surface area contributed by atoms with Gasteiger partial charge in [0.1, 0.15) is 0 Å². The molecule has 0 rings (SSSR count). The lowest BCUT2D eigenvalue weighted by Gasteiger charge is -2.30. The third-order valence-corrected chi connectivity index (χ3v) is 7.98. The highest BCUT2D eigenvalue weighted by atomic mass is 15.0. The molecule has 3 heteroatoms. The largest absolute Gasteiger partial charge is 0.313 e. The molecular weight excluding hydrogens is 378 g/mol. The van der Waals surface area contributed by atoms with Gasteiger partial charge in [-0.15, -0.1) is 0 Å². The highest BCUT2D eigenvalue weighted by Crippen LogP contribution is 2.20. The Morgan fingerprint density at radius 3 is 1.03 bits per heavy atom. The van der Waals surface area contributed by atoms with Gasteiger partial charge < -0.3 is 16.0 Å². The zero-order chi connectivity index (χ0) is 23.8. The van der Waals surface area contributed by atoms with Crippen LogP contribution in [0.25, 0.3) is 0 Å². The van der Waals surface area contributed by atoms with Crippen molar-refractivity contribution in [2.45, 2.75) is 145 Å². The van der Waals surface area contributed by atoms with Crippen molar-refractivity contribution in [2.75, 3.05) is 13.1 Å². The van der Waals surface area contributed by atoms with Crippen LogP contribution in [0, 0.1) is 23.7 Å². The van der Waals surface area contributed by atoms with Gasteiger partial charge in [-0.1, -0.05) is 81.1 Å². The number of hydrogen-bond donors (Lipinski definition) is 3. The maximum Gasteiger partial charge on any atom is 0.0118 e. The second kappa shape index (κ2) is 18.3. The van der Waals surface area contributed by atoms with E-state index in [-0.39, 0.29) is 0 Å². The van der Waals surface area contributed by atoms with Crippen LogP contribution in [-0.2, 0) is 0 Å². The monoisotopic (exact) mass is 439 g/mol. The fourth-order valence-corrected chi connectivity index (χ4v) is 4.95. The first kappa shape index (κ1) is 30.9. The molecule has 0 aromatic heterocycles. The van der Waals surface area contributed by atoms with Crippen LogP contribution in [0.4, 0.5) is 0 Å². The molecule has 0 aliphatic rings. The first-order valence-corrected chi connectivity index (χ1v) is 13.9. The second-order valence-corrected chi connectivity index (χ2v) is 10.8. The standard InChI is InChI=1S/C28H61N3/c1-11-21(5)27(22(6)12-2)29-19-15-17-25(9)31-26(10)18-16-20-30-28(23(7)13-3)24(8)14-4/h21-31H,11-20H2,1-10H3. The minimum absolute atomic E-state index is 0.600. The zero-order valence-electron chi connectivity index (χ0n) is 23.2. The van der Waals surface area contributed by atoms with Crippen LogP contribution in [0.1, 0.15) is 121 Å². The predicted octanol–water partition coefficient (Wildman–Crippen LogP) is 7.01. The van der Waals surface area contributed by atoms with Crippen LogP contribution >= 0.6 is 0 Å². The second-order valence-electron chi connectivity index (χ2n) is 10.8. The summed E-state index contributed by atoms with van der Waals surface area (Å²) in [6, 6.07) is 2.53. The molecule has 0 fully saturated rings. The molecule has 0 heterocycles. The van der Waals surface area contributed by atoms with Crippen molar-refractivity contribution in [3.05, 3.63) is 0 Å². The Kier molecular flexibility index (Phi) is 18.3. The quantitative estimate of drug-likeness (QED) is 0.178. The molecule has 0 aromatic carbocycles. The molecule has 3 nitrogen and oxygen atoms in total. The minimum atomic E-state index is 0.600. The van der Waals surface area contributed by atoms with Crippen LogP contribution in [0.2, 0.25) is 0 Å². The van der Waals surface area contributed by atoms with Gasteiger partial charge in [0.05, 0.1) is 0 Å². The Labute approximate surface area is 197 Å². The molecule has 0 saturated carbocycles. The van der Waals surface area contributed by atoms with E-state index in [2.05, 4.69) is 85.2 Å². The van der Waals surface area contributed by atoms with E-state index in [1.807, 2.05) is 0 Å². The van der Waals surface area contributed by atoms with E-state index in [1.54, 1.807) is 0 Å². The van der Waals surface area contributed by atoms with E-state index in [0.29, 0.717) is 24.2 Å². The van der Waals surface area contributed by atoms with E-state index >= 15 is 0 Å². The van der Waals surface area contributed by atoms with Crippen LogP contribution in [-0.4, -0.2) is 37.3 Å². The van der Waals surface area contributed by atoms with Gasteiger partial charge in [0.15, 0.2) is 0 Å². The molecule has 31 heavy (non-hydrogen) atoms. The van der Waals surface area contributed by atoms with Crippen molar-refractivity contribution in [1.82, 2.24) is 16.0 Å². The van der Waals surface area contributed by atoms with E-state index < -0.39 is 0 Å². The molecule has 0 radical (unpaired) electrons. The van der Waals surface area contributed by atoms with Gasteiger partial charge in [-0.25, -0.2) is 0 Å². The first-order valence-electron chi connectivity index (χ1n) is 13.9. The first-order chi connectivity index (χ1) is 14.7. The average Bonchev–Trinajstić information content (AvgIpc) is 2.76. The van der Waals surface area contributed by atoms with Gasteiger partial charge in [0.25, 0.3) is 0 Å². The molecule has 0 saturated heterocycles. The minimum Gasteiger partial charge on any atom is -0.313 e. The van der Waals surface area contributed by atoms with Gasteiger partial charge in [0.2, 0.25) is 0 Å². The Bertz CT molecular complexity index is 344.